The van der Waals surface area contributed by atoms with Crippen molar-refractivity contribution >= 4 is 0 Å². The monoisotopic (exact) mass is 300 g/mol. The molecule has 2 heteroatoms. The van der Waals surface area contributed by atoms with Crippen LogP contribution >= 0.6 is 0 Å². The van der Waals surface area contributed by atoms with Crippen LogP contribution in [-0.2, 0) is 6.42 Å². The summed E-state index contributed by atoms with van der Waals surface area (Å²) < 4.78 is 0. The van der Waals surface area contributed by atoms with Crippen molar-refractivity contribution in [2.75, 3.05) is 13.1 Å². The van der Waals surface area contributed by atoms with Crippen molar-refractivity contribution in [1.29, 1.82) is 0 Å². The van der Waals surface area contributed by atoms with Gasteiger partial charge in [0.15, 0.2) is 0 Å². The van der Waals surface area contributed by atoms with Crippen LogP contribution in [0.1, 0.15) is 57.9 Å². The first-order valence-electron chi connectivity index (χ1n) is 9.09. The van der Waals surface area contributed by atoms with Gasteiger partial charge < -0.3 is 9.80 Å². The first-order chi connectivity index (χ1) is 10.8. The van der Waals surface area contributed by atoms with E-state index < -0.39 is 0 Å². The van der Waals surface area contributed by atoms with Gasteiger partial charge in [0.1, 0.15) is 6.17 Å². The maximum Gasteiger partial charge on any atom is 0.105 e. The van der Waals surface area contributed by atoms with Gasteiger partial charge in [-0.05, 0) is 18.4 Å². The summed E-state index contributed by atoms with van der Waals surface area (Å²) in [5, 5.41) is 0. The second-order valence-corrected chi connectivity index (χ2v) is 6.36. The summed E-state index contributed by atoms with van der Waals surface area (Å²) in [6.07, 6.45) is 14.1. The number of benzene rings is 1. The Labute approximate surface area is 136 Å². The van der Waals surface area contributed by atoms with E-state index in [2.05, 4.69) is 66.4 Å². The summed E-state index contributed by atoms with van der Waals surface area (Å²) >= 11 is 0. The van der Waals surface area contributed by atoms with E-state index in [9.17, 15) is 0 Å². The maximum absolute atomic E-state index is 2.55. The zero-order chi connectivity index (χ0) is 15.6. The highest BCUT2D eigenvalue weighted by Gasteiger charge is 2.25. The van der Waals surface area contributed by atoms with Gasteiger partial charge in [-0.1, -0.05) is 69.9 Å². The summed E-state index contributed by atoms with van der Waals surface area (Å²) in [7, 11) is 0. The molecular formula is C20H32N2. The minimum Gasteiger partial charge on any atom is -0.356 e. The lowest BCUT2D eigenvalue weighted by molar-refractivity contribution is 0.148. The van der Waals surface area contributed by atoms with Gasteiger partial charge in [0.2, 0.25) is 0 Å². The smallest absolute Gasteiger partial charge is 0.105 e. The predicted molar refractivity (Wildman–Crippen MR) is 95.5 cm³/mol. The first kappa shape index (κ1) is 16.9. The molecule has 0 N–H and O–H groups in total. The Morgan fingerprint density at radius 3 is 2.05 bits per heavy atom. The molecule has 0 saturated heterocycles. The van der Waals surface area contributed by atoms with Gasteiger partial charge >= 0.3 is 0 Å². The van der Waals surface area contributed by atoms with E-state index in [-0.39, 0.29) is 0 Å². The Morgan fingerprint density at radius 2 is 1.41 bits per heavy atom. The average Bonchev–Trinajstić information content (AvgIpc) is 2.92. The number of hydrogen-bond donors (Lipinski definition) is 0. The molecule has 0 saturated carbocycles. The van der Waals surface area contributed by atoms with Crippen molar-refractivity contribution in [3.05, 3.63) is 48.3 Å². The SMILES string of the molecule is CCCCCCN1C=CN(CCCC)C1Cc1ccccc1. The van der Waals surface area contributed by atoms with Crippen molar-refractivity contribution in [1.82, 2.24) is 9.80 Å². The minimum atomic E-state index is 0.510. The second-order valence-electron chi connectivity index (χ2n) is 6.36. The standard InChI is InChI=1S/C20H32N2/c1-3-5-7-11-15-22-17-16-21(14-6-4-2)20(22)18-19-12-9-8-10-13-19/h8-10,12-13,16-17,20H,3-7,11,14-15,18H2,1-2H3. The van der Waals surface area contributed by atoms with Gasteiger partial charge in [0, 0.05) is 31.9 Å². The maximum atomic E-state index is 2.55. The van der Waals surface area contributed by atoms with Crippen LogP contribution in [0.2, 0.25) is 0 Å². The highest BCUT2D eigenvalue weighted by atomic mass is 15.4. The molecule has 1 aliphatic heterocycles. The highest BCUT2D eigenvalue weighted by molar-refractivity contribution is 5.17. The van der Waals surface area contributed by atoms with Crippen LogP contribution in [0, 0.1) is 0 Å². The van der Waals surface area contributed by atoms with Crippen molar-refractivity contribution < 1.29 is 0 Å². The molecule has 1 aromatic carbocycles. The molecule has 0 radical (unpaired) electrons. The van der Waals surface area contributed by atoms with Gasteiger partial charge in [-0.3, -0.25) is 0 Å². The molecule has 0 spiro atoms. The largest absolute Gasteiger partial charge is 0.356 e. The summed E-state index contributed by atoms with van der Waals surface area (Å²) in [6, 6.07) is 10.9. The average molecular weight is 300 g/mol. The Bertz CT molecular complexity index is 427. The van der Waals surface area contributed by atoms with Crippen LogP contribution in [0.25, 0.3) is 0 Å². The van der Waals surface area contributed by atoms with Crippen LogP contribution in [0.15, 0.2) is 42.7 Å². The van der Waals surface area contributed by atoms with E-state index in [1.807, 2.05) is 0 Å². The Hall–Kier alpha value is -1.44. The highest BCUT2D eigenvalue weighted by Crippen LogP contribution is 2.21. The summed E-state index contributed by atoms with van der Waals surface area (Å²) in [4.78, 5) is 5.09. The Morgan fingerprint density at radius 1 is 0.773 bits per heavy atom. The fraction of sp³-hybridized carbons (Fsp3) is 0.600. The number of hydrogen-bond acceptors (Lipinski definition) is 2. The fourth-order valence-corrected chi connectivity index (χ4v) is 3.13. The predicted octanol–water partition coefficient (Wildman–Crippen LogP) is 5.02. The third-order valence-corrected chi connectivity index (χ3v) is 4.52. The lowest BCUT2D eigenvalue weighted by atomic mass is 10.1. The lowest BCUT2D eigenvalue weighted by Gasteiger charge is -2.33. The summed E-state index contributed by atoms with van der Waals surface area (Å²) in [5.41, 5.74) is 1.44. The van der Waals surface area contributed by atoms with Gasteiger partial charge in [-0.25, -0.2) is 0 Å². The molecule has 1 unspecified atom stereocenters. The van der Waals surface area contributed by atoms with Crippen molar-refractivity contribution in [2.45, 2.75) is 65.0 Å². The third-order valence-electron chi connectivity index (χ3n) is 4.52. The van der Waals surface area contributed by atoms with Crippen molar-refractivity contribution in [3.8, 4) is 0 Å². The molecule has 0 aromatic heterocycles. The Balaban J connectivity index is 1.93. The van der Waals surface area contributed by atoms with Crippen LogP contribution in [0.3, 0.4) is 0 Å². The van der Waals surface area contributed by atoms with Crippen LogP contribution in [0.5, 0.6) is 0 Å². The zero-order valence-electron chi connectivity index (χ0n) is 14.4. The van der Waals surface area contributed by atoms with E-state index in [1.54, 1.807) is 0 Å². The molecule has 1 atom stereocenters. The lowest BCUT2D eigenvalue weighted by Crippen LogP contribution is -2.41. The van der Waals surface area contributed by atoms with Crippen LogP contribution in [0.4, 0.5) is 0 Å². The first-order valence-corrected chi connectivity index (χ1v) is 9.09. The molecule has 0 bridgehead atoms. The number of rotatable bonds is 10. The molecule has 1 aliphatic rings. The quantitative estimate of drug-likeness (QED) is 0.559. The zero-order valence-corrected chi connectivity index (χ0v) is 14.4. The van der Waals surface area contributed by atoms with Gasteiger partial charge in [-0.2, -0.15) is 0 Å². The van der Waals surface area contributed by atoms with E-state index >= 15 is 0 Å². The third kappa shape index (κ3) is 5.08. The van der Waals surface area contributed by atoms with Crippen molar-refractivity contribution in [3.63, 3.8) is 0 Å². The molecule has 2 rings (SSSR count). The minimum absolute atomic E-state index is 0.510. The molecule has 0 fully saturated rings. The van der Waals surface area contributed by atoms with E-state index in [1.165, 1.54) is 57.2 Å². The van der Waals surface area contributed by atoms with Crippen LogP contribution in [-0.4, -0.2) is 29.1 Å². The molecule has 2 nitrogen and oxygen atoms in total. The molecule has 22 heavy (non-hydrogen) atoms. The molecule has 1 heterocycles. The van der Waals surface area contributed by atoms with Gasteiger partial charge in [-0.15, -0.1) is 0 Å². The van der Waals surface area contributed by atoms with Gasteiger partial charge in [0.25, 0.3) is 0 Å². The van der Waals surface area contributed by atoms with Gasteiger partial charge in [0.05, 0.1) is 0 Å². The van der Waals surface area contributed by atoms with E-state index in [4.69, 9.17) is 0 Å². The van der Waals surface area contributed by atoms with E-state index in [0.29, 0.717) is 6.17 Å². The molecule has 122 valence electrons. The second kappa shape index (κ2) is 9.55. The normalized spacial score (nSPS) is 17.5. The topological polar surface area (TPSA) is 6.48 Å². The summed E-state index contributed by atoms with van der Waals surface area (Å²) in [5.74, 6) is 0. The fourth-order valence-electron chi connectivity index (χ4n) is 3.13. The number of unbranched alkanes of at least 4 members (excludes halogenated alkanes) is 4. The molecule has 0 aliphatic carbocycles. The summed E-state index contributed by atoms with van der Waals surface area (Å²) in [6.45, 7) is 6.92. The van der Waals surface area contributed by atoms with E-state index in [0.717, 1.165) is 6.42 Å². The molecule has 0 amide bonds. The Kier molecular flexibility index (Phi) is 7.35. The van der Waals surface area contributed by atoms with Crippen LogP contribution < -0.4 is 0 Å². The van der Waals surface area contributed by atoms with Crippen molar-refractivity contribution in [2.24, 2.45) is 0 Å². The molecular weight excluding hydrogens is 268 g/mol. The number of nitrogens with zero attached hydrogens (tertiary/aromatic N) is 2. The molecule has 1 aromatic rings.